The van der Waals surface area contributed by atoms with Gasteiger partial charge >= 0.3 is 0 Å². The van der Waals surface area contributed by atoms with Crippen LogP contribution in [0.4, 0.5) is 0 Å². The van der Waals surface area contributed by atoms with Crippen molar-refractivity contribution in [2.45, 2.75) is 32.7 Å². The molecular formula is C26H32N4O4. The van der Waals surface area contributed by atoms with E-state index in [4.69, 9.17) is 14.0 Å². The maximum atomic E-state index is 12.8. The second kappa shape index (κ2) is 11.7. The van der Waals surface area contributed by atoms with E-state index in [0.29, 0.717) is 37.8 Å². The van der Waals surface area contributed by atoms with E-state index in [1.165, 1.54) is 0 Å². The summed E-state index contributed by atoms with van der Waals surface area (Å²) in [6.45, 7) is 6.23. The molecule has 0 radical (unpaired) electrons. The minimum atomic E-state index is 0.199. The Morgan fingerprint density at radius 3 is 2.68 bits per heavy atom. The number of aryl methyl sites for hydroxylation is 1. The van der Waals surface area contributed by atoms with Gasteiger partial charge in [-0.2, -0.15) is 4.98 Å². The van der Waals surface area contributed by atoms with Crippen LogP contribution in [0.5, 0.6) is 11.5 Å². The molecule has 34 heavy (non-hydrogen) atoms. The Hall–Kier alpha value is -3.39. The number of nitrogens with zero attached hydrogens (tertiary/aromatic N) is 4. The molecule has 1 aromatic heterocycles. The number of carbonyl (C=O) groups is 1. The molecule has 4 rings (SSSR count). The quantitative estimate of drug-likeness (QED) is 0.476. The number of rotatable bonds is 9. The van der Waals surface area contributed by atoms with Crippen LogP contribution in [0.15, 0.2) is 53.1 Å². The van der Waals surface area contributed by atoms with Gasteiger partial charge in [0.05, 0.1) is 25.8 Å². The molecule has 1 fully saturated rings. The number of para-hydroxylation sites is 1. The van der Waals surface area contributed by atoms with Crippen LogP contribution in [0, 0.1) is 0 Å². The van der Waals surface area contributed by atoms with Crippen molar-refractivity contribution in [2.75, 3.05) is 39.9 Å². The molecule has 0 bridgehead atoms. The van der Waals surface area contributed by atoms with Crippen molar-refractivity contribution in [1.29, 1.82) is 0 Å². The summed E-state index contributed by atoms with van der Waals surface area (Å²) in [5.74, 6) is 2.88. The van der Waals surface area contributed by atoms with Crippen molar-refractivity contribution in [3.8, 4) is 22.9 Å². The third-order valence-electron chi connectivity index (χ3n) is 5.98. The highest BCUT2D eigenvalue weighted by Crippen LogP contribution is 2.27. The van der Waals surface area contributed by atoms with Crippen LogP contribution in [0.25, 0.3) is 11.4 Å². The molecule has 0 unspecified atom stereocenters. The van der Waals surface area contributed by atoms with Gasteiger partial charge in [-0.05, 0) is 49.6 Å². The predicted octanol–water partition coefficient (Wildman–Crippen LogP) is 3.81. The Kier molecular flexibility index (Phi) is 8.14. The molecular weight excluding hydrogens is 432 g/mol. The monoisotopic (exact) mass is 464 g/mol. The molecule has 2 aromatic carbocycles. The van der Waals surface area contributed by atoms with Gasteiger partial charge in [-0.15, -0.1) is 0 Å². The predicted molar refractivity (Wildman–Crippen MR) is 129 cm³/mol. The normalized spacial score (nSPS) is 14.6. The fourth-order valence-corrected chi connectivity index (χ4v) is 4.13. The van der Waals surface area contributed by atoms with Crippen molar-refractivity contribution in [3.05, 3.63) is 60.0 Å². The lowest BCUT2D eigenvalue weighted by molar-refractivity contribution is -0.131. The van der Waals surface area contributed by atoms with Crippen molar-refractivity contribution >= 4 is 5.91 Å². The highest BCUT2D eigenvalue weighted by molar-refractivity contribution is 5.76. The molecule has 1 saturated heterocycles. The summed E-state index contributed by atoms with van der Waals surface area (Å²) in [7, 11) is 1.65. The number of hydrogen-bond donors (Lipinski definition) is 0. The molecule has 0 atom stereocenters. The van der Waals surface area contributed by atoms with Crippen LogP contribution >= 0.6 is 0 Å². The number of amides is 1. The maximum absolute atomic E-state index is 12.8. The summed E-state index contributed by atoms with van der Waals surface area (Å²) in [5, 5.41) is 4.16. The largest absolute Gasteiger partial charge is 0.497 e. The van der Waals surface area contributed by atoms with E-state index in [1.54, 1.807) is 7.11 Å². The first-order chi connectivity index (χ1) is 16.7. The van der Waals surface area contributed by atoms with Crippen LogP contribution in [0.2, 0.25) is 0 Å². The van der Waals surface area contributed by atoms with Crippen LogP contribution in [-0.4, -0.2) is 65.7 Å². The van der Waals surface area contributed by atoms with E-state index in [2.05, 4.69) is 15.0 Å². The Balaban J connectivity index is 1.28. The molecule has 8 heteroatoms. The zero-order valence-electron chi connectivity index (χ0n) is 19.9. The molecule has 8 nitrogen and oxygen atoms in total. The topological polar surface area (TPSA) is 80.9 Å². The molecule has 1 aliphatic heterocycles. The first-order valence-corrected chi connectivity index (χ1v) is 11.8. The van der Waals surface area contributed by atoms with Gasteiger partial charge in [-0.25, -0.2) is 0 Å². The van der Waals surface area contributed by atoms with Gasteiger partial charge in [-0.3, -0.25) is 9.69 Å². The molecule has 3 aromatic rings. The van der Waals surface area contributed by atoms with Crippen molar-refractivity contribution in [3.63, 3.8) is 0 Å². The van der Waals surface area contributed by atoms with Gasteiger partial charge in [0.1, 0.15) is 11.5 Å². The molecule has 0 N–H and O–H groups in total. The fraction of sp³-hybridized carbons (Fsp3) is 0.423. The molecule has 180 valence electrons. The van der Waals surface area contributed by atoms with E-state index in [1.807, 2.05) is 60.4 Å². The smallest absolute Gasteiger partial charge is 0.241 e. The average molecular weight is 465 g/mol. The van der Waals surface area contributed by atoms with Crippen LogP contribution in [0.3, 0.4) is 0 Å². The van der Waals surface area contributed by atoms with Crippen LogP contribution in [-0.2, 0) is 17.8 Å². The number of hydrogen-bond acceptors (Lipinski definition) is 7. The number of methoxy groups -OCH3 is 1. The van der Waals surface area contributed by atoms with E-state index < -0.39 is 0 Å². The fourth-order valence-electron chi connectivity index (χ4n) is 4.13. The Bertz CT molecular complexity index is 1070. The lowest BCUT2D eigenvalue weighted by Crippen LogP contribution is -2.35. The number of aromatic nitrogens is 2. The summed E-state index contributed by atoms with van der Waals surface area (Å²) in [6.07, 6.45) is 2.16. The summed E-state index contributed by atoms with van der Waals surface area (Å²) < 4.78 is 16.4. The Morgan fingerprint density at radius 2 is 1.88 bits per heavy atom. The van der Waals surface area contributed by atoms with Crippen LogP contribution in [0.1, 0.15) is 31.2 Å². The van der Waals surface area contributed by atoms with Crippen molar-refractivity contribution in [1.82, 2.24) is 19.9 Å². The molecule has 0 aliphatic carbocycles. The van der Waals surface area contributed by atoms with E-state index in [0.717, 1.165) is 55.1 Å². The minimum absolute atomic E-state index is 0.199. The Labute approximate surface area is 200 Å². The number of ether oxygens (including phenoxy) is 2. The van der Waals surface area contributed by atoms with Gasteiger partial charge in [0.15, 0.2) is 0 Å². The zero-order chi connectivity index (χ0) is 23.8. The summed E-state index contributed by atoms with van der Waals surface area (Å²) in [5.41, 5.74) is 1.97. The van der Waals surface area contributed by atoms with E-state index in [-0.39, 0.29) is 5.91 Å². The minimum Gasteiger partial charge on any atom is -0.497 e. The van der Waals surface area contributed by atoms with Gasteiger partial charge in [0.25, 0.3) is 0 Å². The van der Waals surface area contributed by atoms with Crippen LogP contribution < -0.4 is 9.47 Å². The van der Waals surface area contributed by atoms with Crippen molar-refractivity contribution < 1.29 is 18.8 Å². The van der Waals surface area contributed by atoms with E-state index >= 15 is 0 Å². The molecule has 2 heterocycles. The van der Waals surface area contributed by atoms with Gasteiger partial charge in [0, 0.05) is 32.6 Å². The molecule has 0 spiro atoms. The average Bonchev–Trinajstić information content (AvgIpc) is 3.20. The number of benzene rings is 2. The third kappa shape index (κ3) is 6.14. The maximum Gasteiger partial charge on any atom is 0.241 e. The zero-order valence-corrected chi connectivity index (χ0v) is 19.9. The Morgan fingerprint density at radius 1 is 1.06 bits per heavy atom. The summed E-state index contributed by atoms with van der Waals surface area (Å²) in [6, 6.07) is 15.6. The second-order valence-electron chi connectivity index (χ2n) is 8.30. The highest BCUT2D eigenvalue weighted by atomic mass is 16.5. The molecule has 1 amide bonds. The molecule has 1 aliphatic rings. The standard InChI is InChI=1S/C26H32N4O4/c1-3-33-23-8-5-4-7-22(23)26-27-24(34-28-26)19-29-15-6-16-30(18-17-29)25(31)14-11-20-9-12-21(32-2)13-10-20/h4-5,7-10,12-13H,3,6,11,14-19H2,1-2H3. The van der Waals surface area contributed by atoms with Gasteiger partial charge in [0.2, 0.25) is 17.6 Å². The summed E-state index contributed by atoms with van der Waals surface area (Å²) in [4.78, 5) is 21.6. The lowest BCUT2D eigenvalue weighted by Gasteiger charge is -2.21. The van der Waals surface area contributed by atoms with E-state index in [9.17, 15) is 4.79 Å². The van der Waals surface area contributed by atoms with Gasteiger partial charge < -0.3 is 18.9 Å². The van der Waals surface area contributed by atoms with Crippen molar-refractivity contribution in [2.24, 2.45) is 0 Å². The second-order valence-corrected chi connectivity index (χ2v) is 8.30. The highest BCUT2D eigenvalue weighted by Gasteiger charge is 2.21. The van der Waals surface area contributed by atoms with Gasteiger partial charge in [-0.1, -0.05) is 29.4 Å². The number of carbonyl (C=O) groups excluding carboxylic acids is 1. The lowest BCUT2D eigenvalue weighted by atomic mass is 10.1. The summed E-state index contributed by atoms with van der Waals surface area (Å²) >= 11 is 0. The first kappa shape index (κ1) is 23.8. The first-order valence-electron chi connectivity index (χ1n) is 11.8. The molecule has 0 saturated carbocycles. The SMILES string of the molecule is CCOc1ccccc1-c1noc(CN2CCCN(C(=O)CCc3ccc(OC)cc3)CC2)n1. The third-order valence-corrected chi connectivity index (χ3v) is 5.98.